The third-order valence-electron chi connectivity index (χ3n) is 4.42. The summed E-state index contributed by atoms with van der Waals surface area (Å²) in [5.74, 6) is 0.178. The van der Waals surface area contributed by atoms with E-state index in [0.717, 1.165) is 38.0 Å². The van der Waals surface area contributed by atoms with E-state index in [1.807, 2.05) is 11.9 Å². The first-order chi connectivity index (χ1) is 9.65. The fourth-order valence-electron chi connectivity index (χ4n) is 3.41. The Morgan fingerprint density at radius 2 is 2.05 bits per heavy atom. The van der Waals surface area contributed by atoms with Crippen LogP contribution in [0.15, 0.2) is 18.2 Å². The van der Waals surface area contributed by atoms with Crippen LogP contribution in [0, 0.1) is 6.92 Å². The van der Waals surface area contributed by atoms with Crippen molar-refractivity contribution >= 4 is 16.8 Å². The monoisotopic (exact) mass is 270 g/mol. The molecular weight excluding hydrogens is 248 g/mol. The number of carbonyl (C=O) groups excluding carboxylic acids is 1. The minimum atomic E-state index is 0.178. The zero-order valence-electron chi connectivity index (χ0n) is 12.6. The number of para-hydroxylation sites is 1. The Balaban J connectivity index is 2.37. The summed E-state index contributed by atoms with van der Waals surface area (Å²) in [6.45, 7) is 5.97. The Kier molecular flexibility index (Phi) is 3.28. The van der Waals surface area contributed by atoms with Crippen LogP contribution in [0.3, 0.4) is 0 Å². The third kappa shape index (κ3) is 1.84. The van der Waals surface area contributed by atoms with E-state index in [0.29, 0.717) is 0 Å². The van der Waals surface area contributed by atoms with Crippen LogP contribution in [0.1, 0.15) is 41.4 Å². The molecule has 1 aromatic carbocycles. The highest BCUT2D eigenvalue weighted by Gasteiger charge is 2.26. The number of carbonyl (C=O) groups is 1. The Labute approximate surface area is 120 Å². The largest absolute Gasteiger partial charge is 0.340 e. The number of benzene rings is 1. The molecule has 0 saturated heterocycles. The molecule has 0 atom stereocenters. The molecule has 0 fully saturated rings. The van der Waals surface area contributed by atoms with Gasteiger partial charge in [-0.15, -0.1) is 0 Å². The molecule has 2 heterocycles. The van der Waals surface area contributed by atoms with Crippen molar-refractivity contribution in [1.82, 2.24) is 9.47 Å². The van der Waals surface area contributed by atoms with Crippen LogP contribution in [-0.2, 0) is 13.0 Å². The summed E-state index contributed by atoms with van der Waals surface area (Å²) >= 11 is 0. The summed E-state index contributed by atoms with van der Waals surface area (Å²) in [6.07, 6.45) is 3.26. The minimum Gasteiger partial charge on any atom is -0.340 e. The van der Waals surface area contributed by atoms with Crippen molar-refractivity contribution in [1.29, 1.82) is 0 Å². The first-order valence-corrected chi connectivity index (χ1v) is 7.51. The molecule has 2 aromatic rings. The number of rotatable bonds is 1. The highest BCUT2D eigenvalue weighted by molar-refractivity contribution is 6.02. The van der Waals surface area contributed by atoms with Crippen LogP contribution < -0.4 is 0 Å². The lowest BCUT2D eigenvalue weighted by atomic mass is 10.0. The van der Waals surface area contributed by atoms with Gasteiger partial charge in [0, 0.05) is 25.5 Å². The van der Waals surface area contributed by atoms with Crippen LogP contribution in [-0.4, -0.2) is 29.0 Å². The zero-order valence-corrected chi connectivity index (χ0v) is 12.6. The summed E-state index contributed by atoms with van der Waals surface area (Å²) < 4.78 is 2.21. The van der Waals surface area contributed by atoms with E-state index in [4.69, 9.17) is 0 Å². The lowest BCUT2D eigenvalue weighted by molar-refractivity contribution is 0.0777. The lowest BCUT2D eigenvalue weighted by Gasteiger charge is -2.22. The van der Waals surface area contributed by atoms with Crippen molar-refractivity contribution < 1.29 is 4.79 Å². The van der Waals surface area contributed by atoms with Gasteiger partial charge in [0.1, 0.15) is 5.69 Å². The summed E-state index contributed by atoms with van der Waals surface area (Å²) in [7, 11) is 1.92. The molecule has 0 bridgehead atoms. The van der Waals surface area contributed by atoms with Crippen molar-refractivity contribution in [3.63, 3.8) is 0 Å². The average molecular weight is 270 g/mol. The van der Waals surface area contributed by atoms with E-state index >= 15 is 0 Å². The maximum absolute atomic E-state index is 12.8. The number of hydrogen-bond acceptors (Lipinski definition) is 1. The van der Waals surface area contributed by atoms with Gasteiger partial charge in [-0.2, -0.15) is 0 Å². The van der Waals surface area contributed by atoms with Gasteiger partial charge in [-0.1, -0.05) is 18.2 Å². The van der Waals surface area contributed by atoms with Crippen molar-refractivity contribution in [2.45, 2.75) is 39.7 Å². The molecule has 3 nitrogen and oxygen atoms in total. The quantitative estimate of drug-likeness (QED) is 0.780. The van der Waals surface area contributed by atoms with Gasteiger partial charge in [-0.3, -0.25) is 4.79 Å². The Hall–Kier alpha value is -1.77. The van der Waals surface area contributed by atoms with Gasteiger partial charge in [-0.05, 0) is 44.2 Å². The van der Waals surface area contributed by atoms with Crippen LogP contribution >= 0.6 is 0 Å². The molecule has 1 aliphatic rings. The highest BCUT2D eigenvalue weighted by atomic mass is 16.2. The number of fused-ring (bicyclic) bond motifs is 3. The number of aromatic nitrogens is 1. The predicted molar refractivity (Wildman–Crippen MR) is 82.2 cm³/mol. The normalized spacial score (nSPS) is 16.1. The van der Waals surface area contributed by atoms with E-state index in [-0.39, 0.29) is 5.91 Å². The second kappa shape index (κ2) is 4.97. The Morgan fingerprint density at radius 1 is 1.25 bits per heavy atom. The lowest BCUT2D eigenvalue weighted by Crippen LogP contribution is -2.31. The second-order valence-corrected chi connectivity index (χ2v) is 5.73. The van der Waals surface area contributed by atoms with Crippen molar-refractivity contribution in [3.05, 3.63) is 35.0 Å². The van der Waals surface area contributed by atoms with Crippen molar-refractivity contribution in [2.75, 3.05) is 13.6 Å². The Morgan fingerprint density at radius 3 is 2.80 bits per heavy atom. The summed E-state index contributed by atoms with van der Waals surface area (Å²) in [6, 6.07) is 6.41. The number of hydrogen-bond donors (Lipinski definition) is 0. The van der Waals surface area contributed by atoms with Crippen LogP contribution in [0.4, 0.5) is 0 Å². The molecule has 0 unspecified atom stereocenters. The molecule has 1 aromatic heterocycles. The van der Waals surface area contributed by atoms with E-state index in [9.17, 15) is 4.79 Å². The maximum atomic E-state index is 12.8. The molecule has 3 rings (SSSR count). The van der Waals surface area contributed by atoms with Gasteiger partial charge in [0.05, 0.1) is 5.52 Å². The van der Waals surface area contributed by atoms with Gasteiger partial charge < -0.3 is 9.47 Å². The molecule has 0 N–H and O–H groups in total. The van der Waals surface area contributed by atoms with Crippen molar-refractivity contribution in [2.24, 2.45) is 0 Å². The smallest absolute Gasteiger partial charge is 0.270 e. The molecule has 0 spiro atoms. The average Bonchev–Trinajstić information content (AvgIpc) is 2.76. The molecule has 1 amide bonds. The zero-order chi connectivity index (χ0) is 14.3. The Bertz CT molecular complexity index is 669. The van der Waals surface area contributed by atoms with E-state index in [1.54, 1.807) is 0 Å². The van der Waals surface area contributed by atoms with E-state index in [1.165, 1.54) is 22.0 Å². The molecule has 106 valence electrons. The number of amides is 1. The summed E-state index contributed by atoms with van der Waals surface area (Å²) in [5.41, 5.74) is 4.66. The first-order valence-electron chi connectivity index (χ1n) is 7.51. The van der Waals surface area contributed by atoms with Crippen LogP contribution in [0.25, 0.3) is 10.9 Å². The standard InChI is InChI=1S/C17H22N2O/c1-4-19-15-12(2)8-7-10-13(15)14-9-5-6-11-18(3)17(20)16(14)19/h7-8,10H,4-6,9,11H2,1-3H3. The molecule has 3 heteroatoms. The molecule has 1 aliphatic heterocycles. The number of aryl methyl sites for hydroxylation is 3. The fraction of sp³-hybridized carbons (Fsp3) is 0.471. The van der Waals surface area contributed by atoms with E-state index in [2.05, 4.69) is 36.6 Å². The first kappa shape index (κ1) is 13.2. The van der Waals surface area contributed by atoms with Crippen molar-refractivity contribution in [3.8, 4) is 0 Å². The van der Waals surface area contributed by atoms with Gasteiger partial charge >= 0.3 is 0 Å². The second-order valence-electron chi connectivity index (χ2n) is 5.73. The highest BCUT2D eigenvalue weighted by Crippen LogP contribution is 2.31. The molecular formula is C17H22N2O. The summed E-state index contributed by atoms with van der Waals surface area (Å²) in [4.78, 5) is 14.6. The third-order valence-corrected chi connectivity index (χ3v) is 4.42. The maximum Gasteiger partial charge on any atom is 0.270 e. The van der Waals surface area contributed by atoms with Crippen LogP contribution in [0.2, 0.25) is 0 Å². The SMILES string of the molecule is CCn1c2c(c3cccc(C)c31)CCCCN(C)C2=O. The number of nitrogens with zero attached hydrogens (tertiary/aromatic N) is 2. The van der Waals surface area contributed by atoms with Crippen LogP contribution in [0.5, 0.6) is 0 Å². The molecule has 0 saturated carbocycles. The van der Waals surface area contributed by atoms with Gasteiger partial charge in [0.25, 0.3) is 5.91 Å². The van der Waals surface area contributed by atoms with Gasteiger partial charge in [0.2, 0.25) is 0 Å². The van der Waals surface area contributed by atoms with Gasteiger partial charge in [-0.25, -0.2) is 0 Å². The molecule has 20 heavy (non-hydrogen) atoms. The fourth-order valence-corrected chi connectivity index (χ4v) is 3.41. The van der Waals surface area contributed by atoms with E-state index < -0.39 is 0 Å². The predicted octanol–water partition coefficient (Wildman–Crippen LogP) is 3.38. The minimum absolute atomic E-state index is 0.178. The molecule has 0 radical (unpaired) electrons. The van der Waals surface area contributed by atoms with Gasteiger partial charge in [0.15, 0.2) is 0 Å². The summed E-state index contributed by atoms with van der Waals surface area (Å²) in [5, 5.41) is 1.27. The topological polar surface area (TPSA) is 25.2 Å². The molecule has 0 aliphatic carbocycles.